The smallest absolute Gasteiger partial charge is 0.411 e. The van der Waals surface area contributed by atoms with Crippen LogP contribution in [0.4, 0.5) is 4.79 Å². The van der Waals surface area contributed by atoms with Gasteiger partial charge in [0, 0.05) is 29.6 Å². The Morgan fingerprint density at radius 1 is 1.48 bits per heavy atom. The SMILES string of the molecule is COC(=O)c1cnc(C2=CN(C(=O)O)CCOC2)c2cc[nH]c12. The van der Waals surface area contributed by atoms with Crippen LogP contribution in [0, 0.1) is 0 Å². The number of hydrogen-bond donors (Lipinski definition) is 2. The van der Waals surface area contributed by atoms with Crippen molar-refractivity contribution >= 4 is 28.5 Å². The van der Waals surface area contributed by atoms with Crippen LogP contribution in [0.2, 0.25) is 0 Å². The summed E-state index contributed by atoms with van der Waals surface area (Å²) in [5.41, 5.74) is 2.11. The number of aromatic amines is 1. The second-order valence-corrected chi connectivity index (χ2v) is 4.96. The number of carbonyl (C=O) groups is 2. The van der Waals surface area contributed by atoms with Gasteiger partial charge in [0.2, 0.25) is 0 Å². The van der Waals surface area contributed by atoms with E-state index in [0.29, 0.717) is 34.3 Å². The highest BCUT2D eigenvalue weighted by molar-refractivity contribution is 6.05. The molecule has 0 bridgehead atoms. The van der Waals surface area contributed by atoms with Gasteiger partial charge in [0.05, 0.1) is 38.1 Å². The average molecular weight is 317 g/mol. The lowest BCUT2D eigenvalue weighted by Gasteiger charge is -2.12. The molecule has 1 amide bonds. The number of rotatable bonds is 2. The molecule has 8 heteroatoms. The molecule has 8 nitrogen and oxygen atoms in total. The van der Waals surface area contributed by atoms with E-state index in [1.807, 2.05) is 0 Å². The molecule has 120 valence electrons. The number of aromatic nitrogens is 2. The summed E-state index contributed by atoms with van der Waals surface area (Å²) in [6, 6.07) is 1.78. The molecule has 2 N–H and O–H groups in total. The fraction of sp³-hybridized carbons (Fsp3) is 0.267. The van der Waals surface area contributed by atoms with E-state index < -0.39 is 12.1 Å². The van der Waals surface area contributed by atoms with Gasteiger partial charge in [0.25, 0.3) is 0 Å². The standard InChI is InChI=1S/C15H15N3O5/c1-22-14(19)11-6-17-12(10-2-3-16-13(10)11)9-7-18(15(20)21)4-5-23-8-9/h2-3,6-7,16H,4-5,8H2,1H3,(H,20,21). The van der Waals surface area contributed by atoms with E-state index in [2.05, 4.69) is 9.97 Å². The van der Waals surface area contributed by atoms with E-state index in [9.17, 15) is 14.7 Å². The molecular weight excluding hydrogens is 302 g/mol. The fourth-order valence-electron chi connectivity index (χ4n) is 2.49. The first-order valence-electron chi connectivity index (χ1n) is 6.94. The third-order valence-electron chi connectivity index (χ3n) is 3.60. The number of nitrogens with one attached hydrogen (secondary N) is 1. The fourth-order valence-corrected chi connectivity index (χ4v) is 2.49. The normalized spacial score (nSPS) is 15.2. The molecule has 0 saturated heterocycles. The van der Waals surface area contributed by atoms with Crippen LogP contribution < -0.4 is 0 Å². The summed E-state index contributed by atoms with van der Waals surface area (Å²) < 4.78 is 10.2. The Morgan fingerprint density at radius 3 is 3.04 bits per heavy atom. The van der Waals surface area contributed by atoms with Crippen molar-refractivity contribution in [3.8, 4) is 0 Å². The van der Waals surface area contributed by atoms with E-state index in [4.69, 9.17) is 9.47 Å². The van der Waals surface area contributed by atoms with Crippen molar-refractivity contribution in [2.75, 3.05) is 26.9 Å². The number of nitrogens with zero attached hydrogens (tertiary/aromatic N) is 2. The monoisotopic (exact) mass is 317 g/mol. The maximum atomic E-state index is 11.8. The summed E-state index contributed by atoms with van der Waals surface area (Å²) in [5.74, 6) is -0.491. The van der Waals surface area contributed by atoms with Gasteiger partial charge >= 0.3 is 12.1 Å². The van der Waals surface area contributed by atoms with Crippen LogP contribution in [0.3, 0.4) is 0 Å². The molecular formula is C15H15N3O5. The van der Waals surface area contributed by atoms with Crippen LogP contribution in [0.15, 0.2) is 24.7 Å². The van der Waals surface area contributed by atoms with Crippen molar-refractivity contribution in [1.82, 2.24) is 14.9 Å². The summed E-state index contributed by atoms with van der Waals surface area (Å²) in [4.78, 5) is 31.5. The van der Waals surface area contributed by atoms with Crippen molar-refractivity contribution < 1.29 is 24.2 Å². The lowest BCUT2D eigenvalue weighted by molar-refractivity contribution is 0.0602. The molecule has 0 spiro atoms. The number of carbonyl (C=O) groups excluding carboxylic acids is 1. The number of pyridine rings is 1. The zero-order valence-corrected chi connectivity index (χ0v) is 12.4. The number of carboxylic acid groups (broad SMARTS) is 1. The largest absolute Gasteiger partial charge is 0.465 e. The number of hydrogen-bond acceptors (Lipinski definition) is 5. The molecule has 1 aliphatic heterocycles. The highest BCUT2D eigenvalue weighted by Crippen LogP contribution is 2.27. The number of methoxy groups -OCH3 is 1. The van der Waals surface area contributed by atoms with Gasteiger partial charge in [-0.3, -0.25) is 9.88 Å². The van der Waals surface area contributed by atoms with Crippen LogP contribution in [-0.4, -0.2) is 58.9 Å². The lowest BCUT2D eigenvalue weighted by atomic mass is 10.1. The number of H-pyrrole nitrogens is 1. The number of esters is 1. The van der Waals surface area contributed by atoms with Crippen LogP contribution in [-0.2, 0) is 9.47 Å². The van der Waals surface area contributed by atoms with Gasteiger partial charge in [-0.05, 0) is 6.07 Å². The minimum absolute atomic E-state index is 0.245. The Kier molecular flexibility index (Phi) is 3.98. The predicted molar refractivity (Wildman–Crippen MR) is 81.0 cm³/mol. The summed E-state index contributed by atoms with van der Waals surface area (Å²) in [6.07, 6.45) is 3.57. The number of ether oxygens (including phenoxy) is 2. The minimum Gasteiger partial charge on any atom is -0.465 e. The second kappa shape index (κ2) is 6.09. The number of amides is 1. The molecule has 3 rings (SSSR count). The molecule has 0 atom stereocenters. The Morgan fingerprint density at radius 2 is 2.30 bits per heavy atom. The quantitative estimate of drug-likeness (QED) is 0.817. The molecule has 0 aliphatic carbocycles. The van der Waals surface area contributed by atoms with Gasteiger partial charge in [0.15, 0.2) is 0 Å². The van der Waals surface area contributed by atoms with Gasteiger partial charge in [-0.2, -0.15) is 0 Å². The first kappa shape index (κ1) is 15.0. The van der Waals surface area contributed by atoms with Crippen LogP contribution in [0.5, 0.6) is 0 Å². The zero-order valence-electron chi connectivity index (χ0n) is 12.4. The summed E-state index contributed by atoms with van der Waals surface area (Å²) in [6.45, 7) is 0.812. The minimum atomic E-state index is -1.05. The average Bonchev–Trinajstić information content (AvgIpc) is 2.90. The van der Waals surface area contributed by atoms with E-state index in [1.54, 1.807) is 12.3 Å². The van der Waals surface area contributed by atoms with Crippen molar-refractivity contribution in [3.63, 3.8) is 0 Å². The summed E-state index contributed by atoms with van der Waals surface area (Å²) in [7, 11) is 1.30. The third-order valence-corrected chi connectivity index (χ3v) is 3.60. The molecule has 0 unspecified atom stereocenters. The van der Waals surface area contributed by atoms with Gasteiger partial charge in [-0.1, -0.05) is 0 Å². The first-order chi connectivity index (χ1) is 11.1. The molecule has 2 aromatic heterocycles. The summed E-state index contributed by atoms with van der Waals surface area (Å²) >= 11 is 0. The maximum Gasteiger partial charge on any atom is 0.411 e. The van der Waals surface area contributed by atoms with Gasteiger partial charge < -0.3 is 19.6 Å². The van der Waals surface area contributed by atoms with E-state index in [0.717, 1.165) is 4.90 Å². The highest BCUT2D eigenvalue weighted by atomic mass is 16.5. The maximum absolute atomic E-state index is 11.8. The molecule has 23 heavy (non-hydrogen) atoms. The highest BCUT2D eigenvalue weighted by Gasteiger charge is 2.20. The van der Waals surface area contributed by atoms with Crippen LogP contribution in [0.1, 0.15) is 16.1 Å². The van der Waals surface area contributed by atoms with E-state index in [-0.39, 0.29) is 13.2 Å². The molecule has 0 radical (unpaired) electrons. The van der Waals surface area contributed by atoms with Crippen molar-refractivity contribution in [2.45, 2.75) is 0 Å². The first-order valence-corrected chi connectivity index (χ1v) is 6.94. The molecule has 0 saturated carbocycles. The van der Waals surface area contributed by atoms with E-state index >= 15 is 0 Å². The Balaban J connectivity index is 2.11. The third kappa shape index (κ3) is 2.76. The zero-order chi connectivity index (χ0) is 16.4. The van der Waals surface area contributed by atoms with Crippen molar-refractivity contribution in [2.24, 2.45) is 0 Å². The molecule has 1 aliphatic rings. The van der Waals surface area contributed by atoms with Crippen LogP contribution >= 0.6 is 0 Å². The van der Waals surface area contributed by atoms with Gasteiger partial charge in [0.1, 0.15) is 5.56 Å². The number of fused-ring (bicyclic) bond motifs is 1. The molecule has 0 aromatic carbocycles. The Bertz CT molecular complexity index is 796. The van der Waals surface area contributed by atoms with Crippen molar-refractivity contribution in [1.29, 1.82) is 0 Å². The molecule has 2 aromatic rings. The van der Waals surface area contributed by atoms with Gasteiger partial charge in [-0.25, -0.2) is 9.59 Å². The van der Waals surface area contributed by atoms with E-state index in [1.165, 1.54) is 19.5 Å². The Hall–Kier alpha value is -2.87. The summed E-state index contributed by atoms with van der Waals surface area (Å²) in [5, 5.41) is 9.89. The van der Waals surface area contributed by atoms with Crippen molar-refractivity contribution in [3.05, 3.63) is 35.9 Å². The lowest BCUT2D eigenvalue weighted by Crippen LogP contribution is -2.26. The Labute approximate surface area is 131 Å². The topological polar surface area (TPSA) is 105 Å². The predicted octanol–water partition coefficient (Wildman–Crippen LogP) is 1.70. The van der Waals surface area contributed by atoms with Gasteiger partial charge in [-0.15, -0.1) is 0 Å². The molecule has 3 heterocycles. The molecule has 0 fully saturated rings. The second-order valence-electron chi connectivity index (χ2n) is 4.96. The van der Waals surface area contributed by atoms with Crippen LogP contribution in [0.25, 0.3) is 16.5 Å².